The number of amides is 1. The molecule has 1 fully saturated rings. The minimum absolute atomic E-state index is 0.0942. The molecule has 4 rings (SSSR count). The molecule has 0 spiro atoms. The Hall–Kier alpha value is -2.82. The molecule has 0 radical (unpaired) electrons. The van der Waals surface area contributed by atoms with Crippen LogP contribution in [0.1, 0.15) is 40.4 Å². The lowest BCUT2D eigenvalue weighted by atomic mass is 9.88. The summed E-state index contributed by atoms with van der Waals surface area (Å²) >= 11 is 0. The minimum atomic E-state index is 0.0942. The first-order valence-electron chi connectivity index (χ1n) is 9.03. The number of likely N-dealkylation sites (tertiary alicyclic amines) is 1. The molecule has 0 atom stereocenters. The van der Waals surface area contributed by atoms with Crippen molar-refractivity contribution >= 4 is 11.6 Å². The average Bonchev–Trinajstić information content (AvgIpc) is 3.06. The molecule has 3 heterocycles. The van der Waals surface area contributed by atoms with Crippen LogP contribution >= 0.6 is 0 Å². The van der Waals surface area contributed by atoms with Crippen LogP contribution in [-0.4, -0.2) is 40.4 Å². The van der Waals surface area contributed by atoms with Gasteiger partial charge in [0.05, 0.1) is 18.4 Å². The van der Waals surface area contributed by atoms with Crippen LogP contribution in [0, 0.1) is 6.92 Å². The van der Waals surface area contributed by atoms with Crippen LogP contribution in [0.2, 0.25) is 0 Å². The Kier molecular flexibility index (Phi) is 4.37. The number of rotatable bonds is 3. The zero-order chi connectivity index (χ0) is 18.1. The maximum absolute atomic E-state index is 12.9. The fourth-order valence-electron chi connectivity index (χ4n) is 3.82. The van der Waals surface area contributed by atoms with Crippen molar-refractivity contribution in [1.82, 2.24) is 14.3 Å². The smallest absolute Gasteiger partial charge is 0.255 e. The molecule has 1 aliphatic rings. The summed E-state index contributed by atoms with van der Waals surface area (Å²) < 4.78 is 7.42. The van der Waals surface area contributed by atoms with Crippen LogP contribution in [0.4, 0.5) is 0 Å². The van der Waals surface area contributed by atoms with Gasteiger partial charge in [-0.3, -0.25) is 4.79 Å². The van der Waals surface area contributed by atoms with E-state index < -0.39 is 0 Å². The standard InChI is InChI=1S/C21H23N3O2/c1-15-13-24-14-17(7-8-20(24)22-15)21(25)23-11-9-16(10-12-23)18-5-3-4-6-19(18)26-2/h3-8,13-14,16H,9-12H2,1-2H3. The second-order valence-corrected chi connectivity index (χ2v) is 6.87. The molecule has 1 aromatic carbocycles. The van der Waals surface area contributed by atoms with Crippen molar-refractivity contribution in [3.05, 3.63) is 65.6 Å². The van der Waals surface area contributed by atoms with E-state index in [4.69, 9.17) is 4.74 Å². The molecule has 0 aliphatic carbocycles. The largest absolute Gasteiger partial charge is 0.496 e. The van der Waals surface area contributed by atoms with Gasteiger partial charge in [0.15, 0.2) is 0 Å². The van der Waals surface area contributed by atoms with E-state index in [1.807, 2.05) is 52.9 Å². The molecule has 3 aromatic rings. The van der Waals surface area contributed by atoms with Crippen molar-refractivity contribution in [2.45, 2.75) is 25.7 Å². The monoisotopic (exact) mass is 349 g/mol. The van der Waals surface area contributed by atoms with Gasteiger partial charge in [-0.15, -0.1) is 0 Å². The van der Waals surface area contributed by atoms with Crippen molar-refractivity contribution in [2.75, 3.05) is 20.2 Å². The summed E-state index contributed by atoms with van der Waals surface area (Å²) in [6.45, 7) is 3.49. The van der Waals surface area contributed by atoms with Gasteiger partial charge in [-0.2, -0.15) is 0 Å². The van der Waals surface area contributed by atoms with Crippen LogP contribution < -0.4 is 4.74 Å². The summed E-state index contributed by atoms with van der Waals surface area (Å²) in [6.07, 6.45) is 5.74. The zero-order valence-electron chi connectivity index (χ0n) is 15.2. The third-order valence-corrected chi connectivity index (χ3v) is 5.18. The van der Waals surface area contributed by atoms with E-state index >= 15 is 0 Å². The number of pyridine rings is 1. The Labute approximate surface area is 153 Å². The second kappa shape index (κ2) is 6.83. The number of fused-ring (bicyclic) bond motifs is 1. The van der Waals surface area contributed by atoms with Crippen molar-refractivity contribution < 1.29 is 9.53 Å². The summed E-state index contributed by atoms with van der Waals surface area (Å²) in [5, 5.41) is 0. The third kappa shape index (κ3) is 3.05. The SMILES string of the molecule is COc1ccccc1C1CCN(C(=O)c2ccc3nc(C)cn3c2)CC1. The fraction of sp³-hybridized carbons (Fsp3) is 0.333. The highest BCUT2D eigenvalue weighted by atomic mass is 16.5. The topological polar surface area (TPSA) is 46.8 Å². The van der Waals surface area contributed by atoms with Crippen LogP contribution in [-0.2, 0) is 0 Å². The Morgan fingerprint density at radius 3 is 2.65 bits per heavy atom. The summed E-state index contributed by atoms with van der Waals surface area (Å²) in [4.78, 5) is 19.3. The highest BCUT2D eigenvalue weighted by Gasteiger charge is 2.26. The van der Waals surface area contributed by atoms with Gasteiger partial charge in [-0.05, 0) is 49.4 Å². The van der Waals surface area contributed by atoms with Gasteiger partial charge in [0, 0.05) is 25.5 Å². The minimum Gasteiger partial charge on any atom is -0.496 e. The predicted octanol–water partition coefficient (Wildman–Crippen LogP) is 3.67. The number of aromatic nitrogens is 2. The normalized spacial score (nSPS) is 15.4. The Bertz CT molecular complexity index is 939. The van der Waals surface area contributed by atoms with E-state index in [1.54, 1.807) is 7.11 Å². The molecule has 5 heteroatoms. The molecule has 26 heavy (non-hydrogen) atoms. The van der Waals surface area contributed by atoms with Crippen LogP contribution in [0.25, 0.3) is 5.65 Å². The van der Waals surface area contributed by atoms with Gasteiger partial charge in [0.25, 0.3) is 5.91 Å². The lowest BCUT2D eigenvalue weighted by Gasteiger charge is -2.32. The van der Waals surface area contributed by atoms with Crippen molar-refractivity contribution in [3.63, 3.8) is 0 Å². The number of hydrogen-bond donors (Lipinski definition) is 0. The highest BCUT2D eigenvalue weighted by Crippen LogP contribution is 2.34. The van der Waals surface area contributed by atoms with Gasteiger partial charge >= 0.3 is 0 Å². The summed E-state index contributed by atoms with van der Waals surface area (Å²) in [5.74, 6) is 1.48. The molecule has 1 aliphatic heterocycles. The first-order chi connectivity index (χ1) is 12.7. The molecule has 2 aromatic heterocycles. The summed E-state index contributed by atoms with van der Waals surface area (Å²) in [5.41, 5.74) is 3.78. The maximum atomic E-state index is 12.9. The molecule has 0 bridgehead atoms. The van der Waals surface area contributed by atoms with Crippen molar-refractivity contribution in [2.24, 2.45) is 0 Å². The molecule has 5 nitrogen and oxygen atoms in total. The number of methoxy groups -OCH3 is 1. The van der Waals surface area contributed by atoms with E-state index in [0.29, 0.717) is 11.5 Å². The number of para-hydroxylation sites is 1. The quantitative estimate of drug-likeness (QED) is 0.725. The molecule has 1 amide bonds. The van der Waals surface area contributed by atoms with Crippen LogP contribution in [0.3, 0.4) is 0 Å². The van der Waals surface area contributed by atoms with Crippen molar-refractivity contribution in [1.29, 1.82) is 0 Å². The second-order valence-electron chi connectivity index (χ2n) is 6.87. The first kappa shape index (κ1) is 16.6. The van der Waals surface area contributed by atoms with Crippen LogP contribution in [0.15, 0.2) is 48.8 Å². The van der Waals surface area contributed by atoms with E-state index in [1.165, 1.54) is 5.56 Å². The Morgan fingerprint density at radius 1 is 1.12 bits per heavy atom. The lowest BCUT2D eigenvalue weighted by molar-refractivity contribution is 0.0712. The predicted molar refractivity (Wildman–Crippen MR) is 101 cm³/mol. The molecule has 134 valence electrons. The number of hydrogen-bond acceptors (Lipinski definition) is 3. The number of nitrogens with zero attached hydrogens (tertiary/aromatic N) is 3. The van der Waals surface area contributed by atoms with E-state index in [2.05, 4.69) is 17.1 Å². The molecule has 0 unspecified atom stereocenters. The number of carbonyl (C=O) groups excluding carboxylic acids is 1. The lowest BCUT2D eigenvalue weighted by Crippen LogP contribution is -2.38. The Morgan fingerprint density at radius 2 is 1.88 bits per heavy atom. The molecule has 1 saturated heterocycles. The summed E-state index contributed by atoms with van der Waals surface area (Å²) in [7, 11) is 1.71. The average molecular weight is 349 g/mol. The third-order valence-electron chi connectivity index (χ3n) is 5.18. The van der Waals surface area contributed by atoms with Crippen LogP contribution in [0.5, 0.6) is 5.75 Å². The number of ether oxygens (including phenoxy) is 1. The molecule has 0 N–H and O–H groups in total. The zero-order valence-corrected chi connectivity index (χ0v) is 15.2. The van der Waals surface area contributed by atoms with Gasteiger partial charge < -0.3 is 14.0 Å². The van der Waals surface area contributed by atoms with E-state index in [0.717, 1.165) is 43.0 Å². The van der Waals surface area contributed by atoms with Gasteiger partial charge in [0.1, 0.15) is 11.4 Å². The number of benzene rings is 1. The number of carbonyl (C=O) groups is 1. The van der Waals surface area contributed by atoms with Gasteiger partial charge in [-0.25, -0.2) is 4.98 Å². The molecular formula is C21H23N3O2. The summed E-state index contributed by atoms with van der Waals surface area (Å²) in [6, 6.07) is 12.0. The first-order valence-corrected chi connectivity index (χ1v) is 9.03. The highest BCUT2D eigenvalue weighted by molar-refractivity contribution is 5.94. The maximum Gasteiger partial charge on any atom is 0.255 e. The van der Waals surface area contributed by atoms with E-state index in [-0.39, 0.29) is 5.91 Å². The number of aryl methyl sites for hydroxylation is 1. The Balaban J connectivity index is 1.47. The van der Waals surface area contributed by atoms with Gasteiger partial charge in [-0.1, -0.05) is 18.2 Å². The van der Waals surface area contributed by atoms with Gasteiger partial charge in [0.2, 0.25) is 0 Å². The number of piperidine rings is 1. The molecule has 0 saturated carbocycles. The fourth-order valence-corrected chi connectivity index (χ4v) is 3.82. The number of imidazole rings is 1. The molecular weight excluding hydrogens is 326 g/mol. The van der Waals surface area contributed by atoms with E-state index in [9.17, 15) is 4.79 Å². The van der Waals surface area contributed by atoms with Crippen molar-refractivity contribution in [3.8, 4) is 5.75 Å².